The fourth-order valence-electron chi connectivity index (χ4n) is 7.73. The third kappa shape index (κ3) is 4.12. The van der Waals surface area contributed by atoms with Gasteiger partial charge in [0.1, 0.15) is 11.5 Å². The molecule has 3 heteroatoms. The van der Waals surface area contributed by atoms with Crippen LogP contribution in [-0.4, -0.2) is 9.97 Å². The summed E-state index contributed by atoms with van der Waals surface area (Å²) < 4.78 is 6.35. The number of hydrogen-bond donors (Lipinski definition) is 0. The van der Waals surface area contributed by atoms with E-state index in [4.69, 9.17) is 14.7 Å². The molecule has 0 N–H and O–H groups in total. The second-order valence-electron chi connectivity index (χ2n) is 13.8. The summed E-state index contributed by atoms with van der Waals surface area (Å²) in [5, 5.41) is 2.47. The minimum atomic E-state index is -0.284. The predicted octanol–water partition coefficient (Wildman–Crippen LogP) is 11.4. The number of ether oxygens (including phenoxy) is 1. The van der Waals surface area contributed by atoms with Crippen LogP contribution < -0.4 is 4.74 Å². The second-order valence-corrected chi connectivity index (χ2v) is 13.8. The van der Waals surface area contributed by atoms with Crippen LogP contribution in [0, 0.1) is 0 Å². The highest BCUT2D eigenvalue weighted by molar-refractivity contribution is 6.05. The zero-order valence-electron chi connectivity index (χ0n) is 27.0. The minimum Gasteiger partial charge on any atom is -0.457 e. The Bertz CT molecular complexity index is 2390. The lowest BCUT2D eigenvalue weighted by Gasteiger charge is -2.34. The van der Waals surface area contributed by atoms with E-state index in [-0.39, 0.29) is 10.8 Å². The van der Waals surface area contributed by atoms with Crippen LogP contribution in [0.25, 0.3) is 55.7 Å². The Morgan fingerprint density at radius 3 is 2.04 bits per heavy atom. The number of nitrogens with zero attached hydrogens (tertiary/aromatic N) is 2. The number of aromatic nitrogens is 2. The zero-order chi connectivity index (χ0) is 31.9. The Labute approximate surface area is 275 Å². The van der Waals surface area contributed by atoms with Crippen molar-refractivity contribution in [3.8, 4) is 56.4 Å². The van der Waals surface area contributed by atoms with E-state index >= 15 is 0 Å². The summed E-state index contributed by atoms with van der Waals surface area (Å²) in [4.78, 5) is 10.8. The standard InChI is InChI=1S/C44H34N2O/c1-43(2)33-19-10-11-20-36(33)47-37-24-22-30(26-35(37)43)29-16-12-17-31(25-29)42-45-40(28-14-6-5-7-15-28)39-38-32-18-9-8-13-27(32)21-23-34(38)44(3,4)41(39)46-42/h5-26H,1-4H3. The Kier molecular flexibility index (Phi) is 5.89. The van der Waals surface area contributed by atoms with Crippen molar-refractivity contribution in [1.82, 2.24) is 9.97 Å². The van der Waals surface area contributed by atoms with Crippen LogP contribution in [0.3, 0.4) is 0 Å². The fourth-order valence-corrected chi connectivity index (χ4v) is 7.73. The Morgan fingerprint density at radius 2 is 1.17 bits per heavy atom. The number of rotatable bonds is 3. The number of para-hydroxylation sites is 1. The summed E-state index contributed by atoms with van der Waals surface area (Å²) >= 11 is 0. The molecule has 0 unspecified atom stereocenters. The lowest BCUT2D eigenvalue weighted by atomic mass is 9.75. The molecule has 2 aliphatic rings. The summed E-state index contributed by atoms with van der Waals surface area (Å²) in [6.07, 6.45) is 0. The van der Waals surface area contributed by atoms with E-state index in [1.165, 1.54) is 33.0 Å². The van der Waals surface area contributed by atoms with Crippen molar-refractivity contribution in [3.63, 3.8) is 0 Å². The molecule has 2 heterocycles. The van der Waals surface area contributed by atoms with Crippen molar-refractivity contribution in [2.24, 2.45) is 0 Å². The van der Waals surface area contributed by atoms with Gasteiger partial charge in [0.15, 0.2) is 5.82 Å². The average Bonchev–Trinajstić information content (AvgIpc) is 3.34. The smallest absolute Gasteiger partial charge is 0.160 e. The van der Waals surface area contributed by atoms with Crippen LogP contribution in [0.5, 0.6) is 11.5 Å². The van der Waals surface area contributed by atoms with Crippen LogP contribution in [0.2, 0.25) is 0 Å². The van der Waals surface area contributed by atoms with E-state index in [0.717, 1.165) is 56.5 Å². The maximum absolute atomic E-state index is 6.35. The number of hydrogen-bond acceptors (Lipinski definition) is 3. The third-order valence-electron chi connectivity index (χ3n) is 10.3. The molecule has 0 amide bonds. The summed E-state index contributed by atoms with van der Waals surface area (Å²) in [5.74, 6) is 2.59. The molecule has 3 nitrogen and oxygen atoms in total. The first-order chi connectivity index (χ1) is 22.8. The number of benzene rings is 6. The molecule has 1 aliphatic carbocycles. The first kappa shape index (κ1) is 27.7. The quantitative estimate of drug-likeness (QED) is 0.201. The third-order valence-corrected chi connectivity index (χ3v) is 10.3. The van der Waals surface area contributed by atoms with Gasteiger partial charge in [0.2, 0.25) is 0 Å². The van der Waals surface area contributed by atoms with Crippen molar-refractivity contribution in [1.29, 1.82) is 0 Å². The van der Waals surface area contributed by atoms with Gasteiger partial charge in [0.25, 0.3) is 0 Å². The molecule has 9 rings (SSSR count). The number of fused-ring (bicyclic) bond motifs is 7. The van der Waals surface area contributed by atoms with E-state index in [1.807, 2.05) is 6.07 Å². The van der Waals surface area contributed by atoms with Gasteiger partial charge < -0.3 is 4.74 Å². The van der Waals surface area contributed by atoms with Crippen LogP contribution in [0.4, 0.5) is 0 Å². The SMILES string of the molecule is CC1(C)c2ccccc2Oc2ccc(-c3cccc(-c4nc(-c5ccccc5)c5c(n4)C(C)(C)c4ccc6ccccc6c4-5)c3)cc21. The van der Waals surface area contributed by atoms with Gasteiger partial charge in [0, 0.05) is 38.6 Å². The van der Waals surface area contributed by atoms with Gasteiger partial charge in [-0.05, 0) is 57.3 Å². The molecule has 7 aromatic rings. The van der Waals surface area contributed by atoms with Gasteiger partial charge >= 0.3 is 0 Å². The van der Waals surface area contributed by atoms with Gasteiger partial charge in [0.05, 0.1) is 11.4 Å². The Morgan fingerprint density at radius 1 is 0.468 bits per heavy atom. The monoisotopic (exact) mass is 606 g/mol. The van der Waals surface area contributed by atoms with Gasteiger partial charge in [-0.2, -0.15) is 0 Å². The van der Waals surface area contributed by atoms with E-state index in [1.54, 1.807) is 0 Å². The molecular weight excluding hydrogens is 572 g/mol. The van der Waals surface area contributed by atoms with Crippen LogP contribution in [0.15, 0.2) is 133 Å². The molecule has 0 bridgehead atoms. The van der Waals surface area contributed by atoms with Gasteiger partial charge in [-0.1, -0.05) is 137 Å². The van der Waals surface area contributed by atoms with Gasteiger partial charge in [-0.15, -0.1) is 0 Å². The van der Waals surface area contributed by atoms with E-state index < -0.39 is 0 Å². The molecular formula is C44H34N2O. The fraction of sp³-hybridized carbons (Fsp3) is 0.136. The van der Waals surface area contributed by atoms with Crippen molar-refractivity contribution in [3.05, 3.63) is 156 Å². The molecule has 0 saturated carbocycles. The van der Waals surface area contributed by atoms with Crippen molar-refractivity contribution >= 4 is 10.8 Å². The summed E-state index contributed by atoms with van der Waals surface area (Å²) in [5.41, 5.74) is 12.0. The highest BCUT2D eigenvalue weighted by atomic mass is 16.5. The first-order valence-corrected chi connectivity index (χ1v) is 16.3. The largest absolute Gasteiger partial charge is 0.457 e. The summed E-state index contributed by atoms with van der Waals surface area (Å²) in [6, 6.07) is 47.3. The van der Waals surface area contributed by atoms with Gasteiger partial charge in [-0.3, -0.25) is 0 Å². The molecule has 0 spiro atoms. The molecule has 1 aliphatic heterocycles. The molecule has 226 valence electrons. The predicted molar refractivity (Wildman–Crippen MR) is 192 cm³/mol. The molecule has 1 aromatic heterocycles. The van der Waals surface area contributed by atoms with Crippen LogP contribution >= 0.6 is 0 Å². The van der Waals surface area contributed by atoms with Crippen LogP contribution in [0.1, 0.15) is 50.1 Å². The zero-order valence-corrected chi connectivity index (χ0v) is 27.0. The molecule has 0 fully saturated rings. The second kappa shape index (κ2) is 9.98. The lowest BCUT2D eigenvalue weighted by Crippen LogP contribution is -2.24. The Hall–Kier alpha value is -5.54. The highest BCUT2D eigenvalue weighted by Gasteiger charge is 2.41. The molecule has 0 saturated heterocycles. The first-order valence-electron chi connectivity index (χ1n) is 16.3. The highest BCUT2D eigenvalue weighted by Crippen LogP contribution is 2.54. The molecule has 0 radical (unpaired) electrons. The normalized spacial score (nSPS) is 14.9. The summed E-state index contributed by atoms with van der Waals surface area (Å²) in [6.45, 7) is 9.15. The average molecular weight is 607 g/mol. The maximum atomic E-state index is 6.35. The topological polar surface area (TPSA) is 35.0 Å². The van der Waals surface area contributed by atoms with Crippen molar-refractivity contribution < 1.29 is 4.74 Å². The van der Waals surface area contributed by atoms with Crippen molar-refractivity contribution in [2.45, 2.75) is 38.5 Å². The van der Waals surface area contributed by atoms with E-state index in [0.29, 0.717) is 0 Å². The van der Waals surface area contributed by atoms with E-state index in [9.17, 15) is 0 Å². The summed E-state index contributed by atoms with van der Waals surface area (Å²) in [7, 11) is 0. The maximum Gasteiger partial charge on any atom is 0.160 e. The molecule has 47 heavy (non-hydrogen) atoms. The van der Waals surface area contributed by atoms with Crippen molar-refractivity contribution in [2.75, 3.05) is 0 Å². The van der Waals surface area contributed by atoms with Crippen LogP contribution in [-0.2, 0) is 10.8 Å². The van der Waals surface area contributed by atoms with Gasteiger partial charge in [-0.25, -0.2) is 9.97 Å². The minimum absolute atomic E-state index is 0.184. The Balaban J connectivity index is 1.21. The lowest BCUT2D eigenvalue weighted by molar-refractivity contribution is 0.418. The molecule has 0 atom stereocenters. The van der Waals surface area contributed by atoms with E-state index in [2.05, 4.69) is 155 Å². The molecule has 6 aromatic carbocycles.